The molecule has 6 N–H and O–H groups in total. The van der Waals surface area contributed by atoms with Crippen molar-refractivity contribution in [1.82, 2.24) is 30.6 Å². The molecule has 3 rings (SSSR count). The number of alkyl halides is 8. The van der Waals surface area contributed by atoms with Crippen molar-refractivity contribution >= 4 is 46.6 Å². The van der Waals surface area contributed by atoms with Crippen LogP contribution in [0.25, 0.3) is 11.3 Å². The summed E-state index contributed by atoms with van der Waals surface area (Å²) in [5, 5.41) is 16.0. The van der Waals surface area contributed by atoms with Gasteiger partial charge in [0.05, 0.1) is 36.7 Å². The molecule has 0 radical (unpaired) electrons. The summed E-state index contributed by atoms with van der Waals surface area (Å²) in [5.41, 5.74) is -0.502. The van der Waals surface area contributed by atoms with Gasteiger partial charge in [0.15, 0.2) is 6.10 Å². The fraction of sp³-hybridized carbons (Fsp3) is 0.472. The van der Waals surface area contributed by atoms with Crippen LogP contribution in [0.15, 0.2) is 48.9 Å². The highest BCUT2D eigenvalue weighted by Gasteiger charge is 2.58. The number of hydrogen-bond acceptors (Lipinski definition) is 9. The number of carbonyl (C=O) groups is 4. The summed E-state index contributed by atoms with van der Waals surface area (Å²) in [6, 6.07) is 3.16. The van der Waals surface area contributed by atoms with Crippen LogP contribution in [0.2, 0.25) is 0 Å². The van der Waals surface area contributed by atoms with Crippen molar-refractivity contribution in [2.45, 2.75) is 83.9 Å². The minimum absolute atomic E-state index is 0.308. The summed E-state index contributed by atoms with van der Waals surface area (Å²) >= 11 is 1.94. The number of rotatable bonds is 17. The SMILES string of the molecule is COC(=O)N[C@H](C(=O)NN(Cc1c(F)cc(-c2cn(C(F)F)cn2)cc1F)C[C@H](O)[C@H](Cc1ccc(I)cc1)NC(=O)[C@@H](OC(N)=O)C(C)(C)C(F)(F)F)C(C)(C)C(F)(F)F. The van der Waals surface area contributed by atoms with Crippen LogP contribution in [0.1, 0.15) is 45.4 Å². The average molecular weight is 1000 g/mol. The molecule has 4 atom stereocenters. The van der Waals surface area contributed by atoms with E-state index in [2.05, 4.69) is 19.8 Å². The molecule has 0 aliphatic heterocycles. The lowest BCUT2D eigenvalue weighted by atomic mass is 9.83. The van der Waals surface area contributed by atoms with E-state index in [1.165, 1.54) is 12.1 Å². The van der Waals surface area contributed by atoms with Crippen molar-refractivity contribution in [2.75, 3.05) is 13.7 Å². The van der Waals surface area contributed by atoms with Crippen LogP contribution in [0.4, 0.5) is 53.5 Å². The van der Waals surface area contributed by atoms with Crippen LogP contribution in [-0.4, -0.2) is 94.0 Å². The van der Waals surface area contributed by atoms with Gasteiger partial charge in [0.25, 0.3) is 11.8 Å². The number of ether oxygens (including phenoxy) is 2. The van der Waals surface area contributed by atoms with Gasteiger partial charge in [-0.15, -0.1) is 0 Å². The van der Waals surface area contributed by atoms with E-state index in [-0.39, 0.29) is 11.3 Å². The Balaban J connectivity index is 2.15. The predicted octanol–water partition coefficient (Wildman–Crippen LogP) is 6.12. The number of aromatic nitrogens is 2. The standard InChI is InChI=1S/C36H40F10IN7O7/c1-33(2,35(41,42)43)26(51-32(59)60-5)28(56)52-54(13-20-21(37)11-18(12-22(20)38)24-14-53(16-49-24)30(39)40)15-25(55)23(10-17-6-8-19(47)9-7-17)50-29(57)27(61-31(48)58)34(3,4)36(44,45)46/h6-9,11-12,14,16,23,25-27,30,55H,10,13,15H2,1-5H3,(H2,48,58)(H,50,57)(H,51,59)(H,52,56)/t23-,25-,26+,27+/m0/s1. The van der Waals surface area contributed by atoms with Crippen LogP contribution >= 0.6 is 22.6 Å². The predicted molar refractivity (Wildman–Crippen MR) is 202 cm³/mol. The Labute approximate surface area is 354 Å². The molecule has 338 valence electrons. The molecule has 0 fully saturated rings. The molecule has 1 aromatic heterocycles. The number of nitrogens with one attached hydrogen (secondary N) is 3. The Hall–Kier alpha value is -4.92. The first kappa shape index (κ1) is 50.4. The van der Waals surface area contributed by atoms with Crippen LogP contribution in [0.5, 0.6) is 0 Å². The zero-order chi connectivity index (χ0) is 46.4. The molecular weight excluding hydrogens is 959 g/mol. The van der Waals surface area contributed by atoms with Crippen LogP contribution in [0.3, 0.4) is 0 Å². The fourth-order valence-electron chi connectivity index (χ4n) is 5.53. The van der Waals surface area contributed by atoms with Crippen molar-refractivity contribution in [2.24, 2.45) is 16.6 Å². The minimum atomic E-state index is -5.21. The zero-order valence-electron chi connectivity index (χ0n) is 32.6. The number of imidazole rings is 1. The Morgan fingerprint density at radius 3 is 1.95 bits per heavy atom. The molecule has 0 saturated heterocycles. The van der Waals surface area contributed by atoms with Gasteiger partial charge in [0.2, 0.25) is 0 Å². The number of nitrogens with zero attached hydrogens (tertiary/aromatic N) is 3. The summed E-state index contributed by atoms with van der Waals surface area (Å²) in [6.07, 6.45) is -17.5. The van der Waals surface area contributed by atoms with E-state index in [0.29, 0.717) is 64.9 Å². The maximum absolute atomic E-state index is 15.7. The molecular formula is C36H40F10IN7O7. The number of methoxy groups -OCH3 is 1. The Bertz CT molecular complexity index is 2010. The Morgan fingerprint density at radius 1 is 0.918 bits per heavy atom. The van der Waals surface area contributed by atoms with Crippen molar-refractivity contribution < 1.29 is 77.7 Å². The van der Waals surface area contributed by atoms with E-state index in [1.807, 2.05) is 28.0 Å². The van der Waals surface area contributed by atoms with Crippen LogP contribution in [0, 0.1) is 26.0 Å². The van der Waals surface area contributed by atoms with Crippen LogP contribution in [-0.2, 0) is 32.0 Å². The summed E-state index contributed by atoms with van der Waals surface area (Å²) in [4.78, 5) is 54.7. The number of aliphatic hydroxyl groups excluding tert-OH is 1. The molecule has 0 saturated carbocycles. The summed E-state index contributed by atoms with van der Waals surface area (Å²) in [5.74, 6) is -6.16. The second-order valence-electron chi connectivity index (χ2n) is 14.6. The average Bonchev–Trinajstić information content (AvgIpc) is 3.64. The molecule has 4 amide bonds. The molecule has 3 aromatic rings. The molecule has 14 nitrogen and oxygen atoms in total. The van der Waals surface area contributed by atoms with Crippen LogP contribution < -0.4 is 21.8 Å². The van der Waals surface area contributed by atoms with Gasteiger partial charge in [0.1, 0.15) is 23.1 Å². The van der Waals surface area contributed by atoms with E-state index in [1.54, 1.807) is 17.4 Å². The largest absolute Gasteiger partial charge is 0.453 e. The normalized spacial score (nSPS) is 14.5. The van der Waals surface area contributed by atoms with Crippen molar-refractivity contribution in [3.05, 3.63) is 75.3 Å². The molecule has 0 bridgehead atoms. The number of carbonyl (C=O) groups excluding carboxylic acids is 4. The van der Waals surface area contributed by atoms with E-state index in [0.717, 1.165) is 13.3 Å². The van der Waals surface area contributed by atoms with E-state index >= 15 is 8.78 Å². The van der Waals surface area contributed by atoms with Gasteiger partial charge >= 0.3 is 31.1 Å². The van der Waals surface area contributed by atoms with Crippen molar-refractivity contribution in [3.8, 4) is 11.3 Å². The number of aliphatic hydroxyl groups is 1. The summed E-state index contributed by atoms with van der Waals surface area (Å²) in [6.45, 7) is -3.21. The first-order chi connectivity index (χ1) is 28.0. The number of hydrogen-bond donors (Lipinski definition) is 5. The van der Waals surface area contributed by atoms with Gasteiger partial charge in [-0.2, -0.15) is 35.1 Å². The quantitative estimate of drug-likeness (QED) is 0.0604. The number of hydrazine groups is 1. The third kappa shape index (κ3) is 12.8. The molecule has 25 heteroatoms. The minimum Gasteiger partial charge on any atom is -0.453 e. The lowest BCUT2D eigenvalue weighted by Crippen LogP contribution is -2.62. The molecule has 0 spiro atoms. The molecule has 2 aromatic carbocycles. The fourth-order valence-corrected chi connectivity index (χ4v) is 5.89. The molecule has 61 heavy (non-hydrogen) atoms. The number of amides is 4. The van der Waals surface area contributed by atoms with Gasteiger partial charge in [-0.1, -0.05) is 12.1 Å². The monoisotopic (exact) mass is 999 g/mol. The number of halogens is 11. The number of alkyl carbamates (subject to hydrolysis) is 1. The summed E-state index contributed by atoms with van der Waals surface area (Å²) < 4.78 is 153. The molecule has 0 aliphatic rings. The summed E-state index contributed by atoms with van der Waals surface area (Å²) in [7, 11) is 0.775. The van der Waals surface area contributed by atoms with Crippen molar-refractivity contribution in [3.63, 3.8) is 0 Å². The zero-order valence-corrected chi connectivity index (χ0v) is 34.8. The highest BCUT2D eigenvalue weighted by atomic mass is 127. The van der Waals surface area contributed by atoms with Gasteiger partial charge < -0.3 is 30.9 Å². The van der Waals surface area contributed by atoms with E-state index in [4.69, 9.17) is 5.73 Å². The Morgan fingerprint density at radius 2 is 1.48 bits per heavy atom. The first-order valence-electron chi connectivity index (χ1n) is 17.5. The maximum Gasteiger partial charge on any atom is 0.407 e. The topological polar surface area (TPSA) is 190 Å². The van der Waals surface area contributed by atoms with E-state index in [9.17, 15) is 59.4 Å². The van der Waals surface area contributed by atoms with Crippen molar-refractivity contribution in [1.29, 1.82) is 0 Å². The molecule has 1 heterocycles. The first-order valence-corrected chi connectivity index (χ1v) is 18.6. The maximum atomic E-state index is 15.7. The lowest BCUT2D eigenvalue weighted by Gasteiger charge is -2.37. The van der Waals surface area contributed by atoms with Gasteiger partial charge in [-0.25, -0.2) is 28.4 Å². The lowest BCUT2D eigenvalue weighted by molar-refractivity contribution is -0.238. The van der Waals surface area contributed by atoms with Gasteiger partial charge in [-0.3, -0.25) is 19.6 Å². The molecule has 0 unspecified atom stereocenters. The smallest absolute Gasteiger partial charge is 0.407 e. The Kier molecular flexibility index (Phi) is 16.4. The highest BCUT2D eigenvalue weighted by Crippen LogP contribution is 2.42. The van der Waals surface area contributed by atoms with Gasteiger partial charge in [0, 0.05) is 34.0 Å². The third-order valence-corrected chi connectivity index (χ3v) is 10.2. The molecule has 0 aliphatic carbocycles. The van der Waals surface area contributed by atoms with Gasteiger partial charge in [-0.05, 0) is 86.5 Å². The second kappa shape index (κ2) is 19.9. The number of benzene rings is 2. The number of nitrogens with two attached hydrogens (primary N) is 1. The highest BCUT2D eigenvalue weighted by molar-refractivity contribution is 14.1. The number of primary amides is 1. The second-order valence-corrected chi connectivity index (χ2v) is 15.8. The third-order valence-electron chi connectivity index (χ3n) is 9.47. The van der Waals surface area contributed by atoms with E-state index < -0.39 is 115 Å².